The third-order valence-corrected chi connectivity index (χ3v) is 4.61. The first-order valence-electron chi connectivity index (χ1n) is 6.98. The first kappa shape index (κ1) is 16.1. The molecule has 3 N–H and O–H groups in total. The lowest BCUT2D eigenvalue weighted by molar-refractivity contribution is -0.143. The Labute approximate surface area is 139 Å². The number of hydrazine groups is 1. The molecule has 3 rings (SSSR count). The summed E-state index contributed by atoms with van der Waals surface area (Å²) in [5.74, 6) is -3.87. The molecule has 24 heavy (non-hydrogen) atoms. The van der Waals surface area contributed by atoms with Gasteiger partial charge in [-0.15, -0.1) is 11.3 Å². The van der Waals surface area contributed by atoms with Crippen LogP contribution in [-0.2, 0) is 25.6 Å². The largest absolute Gasteiger partial charge is 0.478 e. The van der Waals surface area contributed by atoms with Gasteiger partial charge in [-0.3, -0.25) is 9.59 Å². The summed E-state index contributed by atoms with van der Waals surface area (Å²) in [6, 6.07) is 2.71. The maximum Gasteiger partial charge on any atom is 0.354 e. The van der Waals surface area contributed by atoms with Crippen molar-refractivity contribution in [1.29, 1.82) is 0 Å². The van der Waals surface area contributed by atoms with E-state index < -0.39 is 29.6 Å². The fourth-order valence-corrected chi connectivity index (χ4v) is 3.45. The number of rotatable bonds is 5. The Hall–Kier alpha value is -2.72. The number of nitrogens with zero attached hydrogens (tertiary/aromatic N) is 2. The topological polar surface area (TPSA) is 127 Å². The molecule has 10 heteroatoms. The van der Waals surface area contributed by atoms with Crippen LogP contribution in [-0.4, -0.2) is 63.1 Å². The zero-order valence-corrected chi connectivity index (χ0v) is 13.1. The lowest BCUT2D eigenvalue weighted by atomic mass is 10.2. The molecule has 0 aromatic carbocycles. The molecule has 2 amide bonds. The third kappa shape index (κ3) is 2.76. The molecule has 0 radical (unpaired) electrons. The number of carboxylic acid groups (broad SMARTS) is 2. The van der Waals surface area contributed by atoms with Crippen LogP contribution < -0.4 is 5.32 Å². The van der Waals surface area contributed by atoms with E-state index in [0.717, 1.165) is 9.89 Å². The van der Waals surface area contributed by atoms with Gasteiger partial charge in [0.25, 0.3) is 5.91 Å². The van der Waals surface area contributed by atoms with Crippen LogP contribution in [0.2, 0.25) is 0 Å². The molecule has 2 aliphatic heterocycles. The number of hydrogen-bond donors (Lipinski definition) is 3. The second-order valence-electron chi connectivity index (χ2n) is 5.31. The molecule has 3 heterocycles. The van der Waals surface area contributed by atoms with Crippen molar-refractivity contribution in [3.05, 3.63) is 33.7 Å². The van der Waals surface area contributed by atoms with E-state index in [2.05, 4.69) is 5.32 Å². The smallest absolute Gasteiger partial charge is 0.354 e. The highest BCUT2D eigenvalue weighted by atomic mass is 32.1. The highest BCUT2D eigenvalue weighted by Crippen LogP contribution is 2.29. The fraction of sp³-hybridized carbons (Fsp3) is 0.286. The Morgan fingerprint density at radius 1 is 1.29 bits per heavy atom. The normalized spacial score (nSPS) is 20.4. The first-order chi connectivity index (χ1) is 11.4. The van der Waals surface area contributed by atoms with Crippen molar-refractivity contribution in [2.45, 2.75) is 12.5 Å². The van der Waals surface area contributed by atoms with Crippen LogP contribution in [0, 0.1) is 0 Å². The van der Waals surface area contributed by atoms with Gasteiger partial charge in [0.2, 0.25) is 5.91 Å². The number of amides is 2. The summed E-state index contributed by atoms with van der Waals surface area (Å²) in [4.78, 5) is 47.7. The van der Waals surface area contributed by atoms with Crippen LogP contribution >= 0.6 is 11.3 Å². The molecule has 9 nitrogen and oxygen atoms in total. The van der Waals surface area contributed by atoms with Crippen molar-refractivity contribution < 1.29 is 29.4 Å². The van der Waals surface area contributed by atoms with Crippen molar-refractivity contribution in [1.82, 2.24) is 15.3 Å². The fourth-order valence-electron chi connectivity index (χ4n) is 2.74. The van der Waals surface area contributed by atoms with Crippen LogP contribution in [0.3, 0.4) is 0 Å². The Bertz CT molecular complexity index is 757. The minimum Gasteiger partial charge on any atom is -0.478 e. The van der Waals surface area contributed by atoms with Gasteiger partial charge in [0.05, 0.1) is 18.5 Å². The number of carbonyl (C=O) groups excluding carboxylic acids is 2. The molecule has 1 atom stereocenters. The van der Waals surface area contributed by atoms with Crippen LogP contribution in [0.1, 0.15) is 4.88 Å². The van der Waals surface area contributed by atoms with Crippen LogP contribution in [0.4, 0.5) is 0 Å². The third-order valence-electron chi connectivity index (χ3n) is 3.73. The monoisotopic (exact) mass is 351 g/mol. The summed E-state index contributed by atoms with van der Waals surface area (Å²) in [6.07, 6.45) is 0.128. The SMILES string of the molecule is O=C(Cc1cccs1)N[C@H]1CN2CC(C(=O)O)=C(C(=O)O)N2C1=O. The van der Waals surface area contributed by atoms with Gasteiger partial charge in [0.15, 0.2) is 5.70 Å². The summed E-state index contributed by atoms with van der Waals surface area (Å²) < 4.78 is 0. The zero-order chi connectivity index (χ0) is 17.4. The van der Waals surface area contributed by atoms with Gasteiger partial charge in [-0.2, -0.15) is 0 Å². The molecule has 0 saturated carbocycles. The molecule has 0 unspecified atom stereocenters. The van der Waals surface area contributed by atoms with Gasteiger partial charge in [-0.1, -0.05) is 6.07 Å². The van der Waals surface area contributed by atoms with E-state index in [1.807, 2.05) is 11.4 Å². The van der Waals surface area contributed by atoms with Gasteiger partial charge in [0.1, 0.15) is 6.04 Å². The quantitative estimate of drug-likeness (QED) is 0.638. The second kappa shape index (κ2) is 6.06. The van der Waals surface area contributed by atoms with Crippen molar-refractivity contribution in [3.8, 4) is 0 Å². The standard InChI is InChI=1S/C14H13N3O6S/c18-10(4-7-2-1-3-24-7)15-9-6-16-5-8(13(20)21)11(14(22)23)17(16)12(9)19/h1-3,9H,4-6H2,(H,15,18)(H,20,21)(H,22,23)/t9-/m0/s1. The average Bonchev–Trinajstić information content (AvgIpc) is 3.17. The molecule has 1 aromatic heterocycles. The summed E-state index contributed by atoms with van der Waals surface area (Å²) in [7, 11) is 0. The number of thiophene rings is 1. The van der Waals surface area contributed by atoms with Crippen molar-refractivity contribution in [2.24, 2.45) is 0 Å². The van der Waals surface area contributed by atoms with Gasteiger partial charge < -0.3 is 15.5 Å². The maximum absolute atomic E-state index is 12.4. The van der Waals surface area contributed by atoms with Crippen LogP contribution in [0.25, 0.3) is 0 Å². The number of carboxylic acids is 2. The number of carbonyl (C=O) groups is 4. The minimum atomic E-state index is -1.49. The summed E-state index contributed by atoms with van der Waals surface area (Å²) in [5.41, 5.74) is -0.915. The van der Waals surface area contributed by atoms with Gasteiger partial charge in [-0.05, 0) is 11.4 Å². The Balaban J connectivity index is 1.73. The molecule has 1 saturated heterocycles. The highest BCUT2D eigenvalue weighted by molar-refractivity contribution is 7.10. The van der Waals surface area contributed by atoms with Crippen molar-refractivity contribution >= 4 is 35.1 Å². The average molecular weight is 351 g/mol. The Morgan fingerprint density at radius 3 is 2.62 bits per heavy atom. The zero-order valence-electron chi connectivity index (χ0n) is 12.3. The van der Waals surface area contributed by atoms with E-state index in [1.54, 1.807) is 6.07 Å². The molecule has 2 aliphatic rings. The molecule has 0 aliphatic carbocycles. The lowest BCUT2D eigenvalue weighted by Crippen LogP contribution is -2.43. The van der Waals surface area contributed by atoms with Gasteiger partial charge in [0, 0.05) is 11.4 Å². The van der Waals surface area contributed by atoms with E-state index in [1.165, 1.54) is 16.3 Å². The summed E-state index contributed by atoms with van der Waals surface area (Å²) in [6.45, 7) is -0.164. The predicted molar refractivity (Wildman–Crippen MR) is 80.7 cm³/mol. The van der Waals surface area contributed by atoms with Gasteiger partial charge >= 0.3 is 11.9 Å². The Kier molecular flexibility index (Phi) is 4.08. The van der Waals surface area contributed by atoms with E-state index >= 15 is 0 Å². The van der Waals surface area contributed by atoms with Crippen LogP contribution in [0.5, 0.6) is 0 Å². The van der Waals surface area contributed by atoms with Crippen molar-refractivity contribution in [3.63, 3.8) is 0 Å². The highest BCUT2D eigenvalue weighted by Gasteiger charge is 2.49. The first-order valence-corrected chi connectivity index (χ1v) is 7.86. The predicted octanol–water partition coefficient (Wildman–Crippen LogP) is -0.728. The number of hydrogen-bond acceptors (Lipinski definition) is 6. The van der Waals surface area contributed by atoms with E-state index in [0.29, 0.717) is 0 Å². The van der Waals surface area contributed by atoms with E-state index in [9.17, 15) is 24.3 Å². The van der Waals surface area contributed by atoms with Crippen LogP contribution in [0.15, 0.2) is 28.8 Å². The van der Waals surface area contributed by atoms with E-state index in [-0.39, 0.29) is 31.0 Å². The molecule has 126 valence electrons. The number of nitrogens with one attached hydrogen (secondary N) is 1. The summed E-state index contributed by atoms with van der Waals surface area (Å²) >= 11 is 1.42. The number of fused-ring (bicyclic) bond motifs is 1. The summed E-state index contributed by atoms with van der Waals surface area (Å²) in [5, 5.41) is 24.8. The lowest BCUT2D eigenvalue weighted by Gasteiger charge is -2.18. The van der Waals surface area contributed by atoms with Crippen molar-refractivity contribution in [2.75, 3.05) is 13.1 Å². The van der Waals surface area contributed by atoms with Gasteiger partial charge in [-0.25, -0.2) is 19.6 Å². The maximum atomic E-state index is 12.4. The second-order valence-corrected chi connectivity index (χ2v) is 6.34. The molecule has 0 bridgehead atoms. The molecular weight excluding hydrogens is 338 g/mol. The Morgan fingerprint density at radius 2 is 2.04 bits per heavy atom. The van der Waals surface area contributed by atoms with E-state index in [4.69, 9.17) is 5.11 Å². The minimum absolute atomic E-state index is 0.0303. The molecular formula is C14H13N3O6S. The molecule has 0 spiro atoms. The molecule has 1 fully saturated rings. The number of aliphatic carboxylic acids is 2. The molecule has 1 aromatic rings.